The molecule has 0 spiro atoms. The van der Waals surface area contributed by atoms with Gasteiger partial charge in [-0.05, 0) is 44.9 Å². The van der Waals surface area contributed by atoms with Gasteiger partial charge in [0.05, 0.1) is 13.2 Å². The fraction of sp³-hybridized carbons (Fsp3) is 1.00. The van der Waals surface area contributed by atoms with Crippen molar-refractivity contribution in [2.75, 3.05) is 39.4 Å². The zero-order valence-electron chi connectivity index (χ0n) is 14.0. The van der Waals surface area contributed by atoms with Gasteiger partial charge in [0.2, 0.25) is 0 Å². The molecular weight excluding hydrogens is 248 g/mol. The van der Waals surface area contributed by atoms with Crippen LogP contribution in [0, 0.1) is 11.3 Å². The Bertz CT molecular complexity index is 284. The highest BCUT2D eigenvalue weighted by atomic mass is 16.5. The van der Waals surface area contributed by atoms with Gasteiger partial charge in [0.1, 0.15) is 0 Å². The lowest BCUT2D eigenvalue weighted by atomic mass is 9.70. The zero-order valence-corrected chi connectivity index (χ0v) is 14.0. The highest BCUT2D eigenvalue weighted by Crippen LogP contribution is 2.39. The van der Waals surface area contributed by atoms with Crippen molar-refractivity contribution < 1.29 is 4.74 Å². The maximum atomic E-state index is 5.50. The normalized spacial score (nSPS) is 33.3. The summed E-state index contributed by atoms with van der Waals surface area (Å²) in [5.74, 6) is 0.919. The van der Waals surface area contributed by atoms with E-state index in [2.05, 4.69) is 37.9 Å². The summed E-state index contributed by atoms with van der Waals surface area (Å²) < 4.78 is 5.50. The Labute approximate surface area is 125 Å². The topological polar surface area (TPSA) is 24.5 Å². The quantitative estimate of drug-likeness (QED) is 0.858. The summed E-state index contributed by atoms with van der Waals surface area (Å²) in [4.78, 5) is 2.63. The van der Waals surface area contributed by atoms with Gasteiger partial charge in [0.25, 0.3) is 0 Å². The molecule has 1 saturated carbocycles. The molecule has 0 atom stereocenters. The van der Waals surface area contributed by atoms with Crippen LogP contribution in [-0.4, -0.2) is 49.8 Å². The van der Waals surface area contributed by atoms with E-state index in [-0.39, 0.29) is 5.54 Å². The van der Waals surface area contributed by atoms with E-state index in [9.17, 15) is 0 Å². The third-order valence-corrected chi connectivity index (χ3v) is 4.99. The number of nitrogens with one attached hydrogen (secondary N) is 1. The number of morpholine rings is 1. The minimum atomic E-state index is 0.223. The molecule has 0 radical (unpaired) electrons. The van der Waals surface area contributed by atoms with Gasteiger partial charge in [-0.3, -0.25) is 4.90 Å². The molecule has 118 valence electrons. The average Bonchev–Trinajstić information content (AvgIpc) is 2.40. The fourth-order valence-electron chi connectivity index (χ4n) is 3.45. The van der Waals surface area contributed by atoms with E-state index >= 15 is 0 Å². The van der Waals surface area contributed by atoms with Crippen LogP contribution in [-0.2, 0) is 4.74 Å². The number of rotatable bonds is 4. The molecule has 1 aliphatic heterocycles. The second-order valence-electron chi connectivity index (χ2n) is 8.17. The summed E-state index contributed by atoms with van der Waals surface area (Å²) in [7, 11) is 0. The molecule has 20 heavy (non-hydrogen) atoms. The summed E-state index contributed by atoms with van der Waals surface area (Å²) in [6, 6.07) is 0. The molecule has 1 aliphatic carbocycles. The molecule has 2 rings (SSSR count). The van der Waals surface area contributed by atoms with Crippen LogP contribution in [0.15, 0.2) is 0 Å². The number of hydrogen-bond donors (Lipinski definition) is 1. The largest absolute Gasteiger partial charge is 0.379 e. The molecule has 3 heteroatoms. The first-order valence-corrected chi connectivity index (χ1v) is 8.44. The second kappa shape index (κ2) is 6.76. The first-order valence-electron chi connectivity index (χ1n) is 8.44. The molecule has 1 N–H and O–H groups in total. The highest BCUT2D eigenvalue weighted by molar-refractivity contribution is 4.91. The molecule has 0 aromatic carbocycles. The van der Waals surface area contributed by atoms with E-state index < -0.39 is 0 Å². The number of ether oxygens (including phenoxy) is 1. The SMILES string of the molecule is CC1CCC(CNC(C)(C)C)(CN2CCOCC2)CC1. The summed E-state index contributed by atoms with van der Waals surface area (Å²) in [5, 5.41) is 3.78. The van der Waals surface area contributed by atoms with Gasteiger partial charge >= 0.3 is 0 Å². The van der Waals surface area contributed by atoms with E-state index in [1.54, 1.807) is 0 Å². The van der Waals surface area contributed by atoms with Crippen LogP contribution in [0.1, 0.15) is 53.4 Å². The predicted octanol–water partition coefficient (Wildman–Crippen LogP) is 2.90. The van der Waals surface area contributed by atoms with Gasteiger partial charge < -0.3 is 10.1 Å². The molecular formula is C17H34N2O. The van der Waals surface area contributed by atoms with Crippen molar-refractivity contribution >= 4 is 0 Å². The third-order valence-electron chi connectivity index (χ3n) is 4.99. The van der Waals surface area contributed by atoms with Crippen LogP contribution in [0.3, 0.4) is 0 Å². The van der Waals surface area contributed by atoms with Crippen molar-refractivity contribution in [3.8, 4) is 0 Å². The monoisotopic (exact) mass is 282 g/mol. The van der Waals surface area contributed by atoms with Crippen molar-refractivity contribution in [3.63, 3.8) is 0 Å². The highest BCUT2D eigenvalue weighted by Gasteiger charge is 2.36. The summed E-state index contributed by atoms with van der Waals surface area (Å²) >= 11 is 0. The molecule has 1 heterocycles. The maximum absolute atomic E-state index is 5.50. The van der Waals surface area contributed by atoms with Gasteiger partial charge in [-0.25, -0.2) is 0 Å². The van der Waals surface area contributed by atoms with Crippen LogP contribution in [0.2, 0.25) is 0 Å². The average molecular weight is 282 g/mol. The van der Waals surface area contributed by atoms with Gasteiger partial charge in [0, 0.05) is 31.7 Å². The molecule has 0 aromatic rings. The van der Waals surface area contributed by atoms with Crippen LogP contribution >= 0.6 is 0 Å². The Balaban J connectivity index is 1.95. The molecule has 0 unspecified atom stereocenters. The minimum Gasteiger partial charge on any atom is -0.379 e. The smallest absolute Gasteiger partial charge is 0.0594 e. The second-order valence-corrected chi connectivity index (χ2v) is 8.17. The summed E-state index contributed by atoms with van der Waals surface area (Å²) in [6.07, 6.45) is 5.57. The standard InChI is InChI=1S/C17H34N2O/c1-15-5-7-17(8-6-15,13-18-16(2,3)4)14-19-9-11-20-12-10-19/h15,18H,5-14H2,1-4H3. The lowest BCUT2D eigenvalue weighted by Gasteiger charge is -2.45. The van der Waals surface area contributed by atoms with Gasteiger partial charge in [-0.2, -0.15) is 0 Å². The van der Waals surface area contributed by atoms with Crippen molar-refractivity contribution in [1.82, 2.24) is 10.2 Å². The van der Waals surface area contributed by atoms with Crippen molar-refractivity contribution in [2.24, 2.45) is 11.3 Å². The Morgan fingerprint density at radius 2 is 1.75 bits per heavy atom. The molecule has 1 saturated heterocycles. The third kappa shape index (κ3) is 5.01. The van der Waals surface area contributed by atoms with Crippen LogP contribution in [0.25, 0.3) is 0 Å². The molecule has 3 nitrogen and oxygen atoms in total. The number of nitrogens with zero attached hydrogens (tertiary/aromatic N) is 1. The first-order chi connectivity index (χ1) is 9.39. The molecule has 2 fully saturated rings. The Hall–Kier alpha value is -0.120. The minimum absolute atomic E-state index is 0.223. The molecule has 0 aromatic heterocycles. The van der Waals surface area contributed by atoms with Gasteiger partial charge in [-0.1, -0.05) is 19.8 Å². The first kappa shape index (κ1) is 16.3. The predicted molar refractivity (Wildman–Crippen MR) is 85.1 cm³/mol. The van der Waals surface area contributed by atoms with Crippen molar-refractivity contribution in [1.29, 1.82) is 0 Å². The number of hydrogen-bond acceptors (Lipinski definition) is 3. The van der Waals surface area contributed by atoms with Gasteiger partial charge in [0.15, 0.2) is 0 Å². The Morgan fingerprint density at radius 1 is 1.15 bits per heavy atom. The van der Waals surface area contributed by atoms with E-state index in [1.807, 2.05) is 0 Å². The summed E-state index contributed by atoms with van der Waals surface area (Å²) in [5.41, 5.74) is 0.707. The van der Waals surface area contributed by atoms with E-state index in [0.29, 0.717) is 5.41 Å². The fourth-order valence-corrected chi connectivity index (χ4v) is 3.45. The Morgan fingerprint density at radius 3 is 2.30 bits per heavy atom. The lowest BCUT2D eigenvalue weighted by molar-refractivity contribution is 0.00233. The van der Waals surface area contributed by atoms with Crippen LogP contribution < -0.4 is 5.32 Å². The van der Waals surface area contributed by atoms with Crippen LogP contribution in [0.5, 0.6) is 0 Å². The van der Waals surface area contributed by atoms with E-state index in [0.717, 1.165) is 32.2 Å². The molecule has 0 bridgehead atoms. The van der Waals surface area contributed by atoms with E-state index in [4.69, 9.17) is 4.74 Å². The van der Waals surface area contributed by atoms with Crippen molar-refractivity contribution in [3.05, 3.63) is 0 Å². The zero-order chi connectivity index (χ0) is 14.6. The van der Waals surface area contributed by atoms with Crippen LogP contribution in [0.4, 0.5) is 0 Å². The van der Waals surface area contributed by atoms with Crippen molar-refractivity contribution in [2.45, 2.75) is 58.9 Å². The van der Waals surface area contributed by atoms with Gasteiger partial charge in [-0.15, -0.1) is 0 Å². The lowest BCUT2D eigenvalue weighted by Crippen LogP contribution is -2.52. The molecule has 2 aliphatic rings. The maximum Gasteiger partial charge on any atom is 0.0594 e. The molecule has 0 amide bonds. The Kier molecular flexibility index (Phi) is 5.49. The van der Waals surface area contributed by atoms with E-state index in [1.165, 1.54) is 38.8 Å². The summed E-state index contributed by atoms with van der Waals surface area (Å²) in [6.45, 7) is 15.7.